The first-order valence-corrected chi connectivity index (χ1v) is 6.53. The van der Waals surface area contributed by atoms with Crippen molar-refractivity contribution in [3.8, 4) is 0 Å². The maximum atomic E-state index is 12.0. The first kappa shape index (κ1) is 17.7. The summed E-state index contributed by atoms with van der Waals surface area (Å²) in [5.41, 5.74) is 0. The summed E-state index contributed by atoms with van der Waals surface area (Å²) in [5, 5.41) is 29.1. The number of hydrogen-bond donors (Lipinski definition) is 4. The Morgan fingerprint density at radius 1 is 1.16 bits per heavy atom. The number of aliphatic hydroxyl groups excluding tert-OH is 2. The maximum Gasteiger partial charge on any atom is 0.326 e. The van der Waals surface area contributed by atoms with Crippen LogP contribution < -0.4 is 5.32 Å². The smallest absolute Gasteiger partial charge is 0.326 e. The molecule has 0 fully saturated rings. The molecule has 0 rings (SSSR count). The monoisotopic (exact) mass is 276 g/mol. The Morgan fingerprint density at radius 3 is 2.11 bits per heavy atom. The molecule has 0 aliphatic rings. The summed E-state index contributed by atoms with van der Waals surface area (Å²) in [7, 11) is 0. The molecule has 2 amide bonds. The van der Waals surface area contributed by atoms with E-state index in [0.717, 1.165) is 12.8 Å². The van der Waals surface area contributed by atoms with E-state index in [1.165, 1.54) is 4.90 Å². The minimum Gasteiger partial charge on any atom is -0.480 e. The maximum absolute atomic E-state index is 12.0. The van der Waals surface area contributed by atoms with Crippen molar-refractivity contribution in [2.24, 2.45) is 0 Å². The van der Waals surface area contributed by atoms with Gasteiger partial charge in [-0.3, -0.25) is 0 Å². The number of carboxylic acid groups (broad SMARTS) is 1. The third-order valence-electron chi connectivity index (χ3n) is 3.00. The van der Waals surface area contributed by atoms with Crippen LogP contribution in [-0.4, -0.2) is 64.1 Å². The first-order valence-electron chi connectivity index (χ1n) is 6.53. The second kappa shape index (κ2) is 9.57. The highest BCUT2D eigenvalue weighted by Crippen LogP contribution is 2.09. The predicted molar refractivity (Wildman–Crippen MR) is 69.8 cm³/mol. The fourth-order valence-corrected chi connectivity index (χ4v) is 1.91. The van der Waals surface area contributed by atoms with Crippen LogP contribution in [0, 0.1) is 0 Å². The predicted octanol–water partition coefficient (Wildman–Crippen LogP) is 0.0145. The quantitative estimate of drug-likeness (QED) is 0.474. The third-order valence-corrected chi connectivity index (χ3v) is 3.00. The minimum atomic E-state index is -1.18. The van der Waals surface area contributed by atoms with Crippen LogP contribution in [0.25, 0.3) is 0 Å². The van der Waals surface area contributed by atoms with E-state index in [1.54, 1.807) is 0 Å². The van der Waals surface area contributed by atoms with Crippen LogP contribution in [-0.2, 0) is 4.79 Å². The van der Waals surface area contributed by atoms with Crippen molar-refractivity contribution in [3.05, 3.63) is 0 Å². The summed E-state index contributed by atoms with van der Waals surface area (Å²) in [4.78, 5) is 24.4. The molecule has 19 heavy (non-hydrogen) atoms. The number of carbonyl (C=O) groups is 2. The minimum absolute atomic E-state index is 0.0447. The number of carbonyl (C=O) groups excluding carboxylic acids is 1. The number of nitrogens with one attached hydrogen (secondary N) is 1. The molecule has 112 valence electrons. The van der Waals surface area contributed by atoms with Gasteiger partial charge in [-0.05, 0) is 12.8 Å². The van der Waals surface area contributed by atoms with Crippen LogP contribution in [0.5, 0.6) is 0 Å². The lowest BCUT2D eigenvalue weighted by Crippen LogP contribution is -2.52. The Morgan fingerprint density at radius 2 is 1.74 bits per heavy atom. The van der Waals surface area contributed by atoms with Crippen LogP contribution >= 0.6 is 0 Å². The zero-order valence-electron chi connectivity index (χ0n) is 11.5. The number of nitrogens with zero attached hydrogens (tertiary/aromatic N) is 1. The van der Waals surface area contributed by atoms with Crippen LogP contribution in [0.3, 0.4) is 0 Å². The standard InChI is InChI=1S/C12H24N2O5/c1-3-9(4-2)14(6-8-16)12(19)13-10(5-7-15)11(17)18/h9-10,15-16H,3-8H2,1-2H3,(H,13,19)(H,17,18)/t10-/m1/s1. The van der Waals surface area contributed by atoms with Gasteiger partial charge < -0.3 is 25.5 Å². The molecule has 0 saturated heterocycles. The lowest BCUT2D eigenvalue weighted by atomic mass is 10.1. The molecule has 0 unspecified atom stereocenters. The van der Waals surface area contributed by atoms with E-state index >= 15 is 0 Å². The van der Waals surface area contributed by atoms with Crippen molar-refractivity contribution >= 4 is 12.0 Å². The summed E-state index contributed by atoms with van der Waals surface area (Å²) in [6, 6.07) is -1.69. The number of carboxylic acids is 1. The number of urea groups is 1. The molecule has 0 saturated carbocycles. The van der Waals surface area contributed by atoms with Gasteiger partial charge in [-0.1, -0.05) is 13.8 Å². The first-order chi connectivity index (χ1) is 9.01. The van der Waals surface area contributed by atoms with Crippen molar-refractivity contribution in [2.45, 2.75) is 45.2 Å². The molecule has 0 heterocycles. The van der Waals surface area contributed by atoms with Gasteiger partial charge in [-0.2, -0.15) is 0 Å². The average Bonchev–Trinajstić information content (AvgIpc) is 2.38. The Hall–Kier alpha value is -1.34. The Balaban J connectivity index is 4.74. The zero-order valence-corrected chi connectivity index (χ0v) is 11.5. The number of amides is 2. The van der Waals surface area contributed by atoms with E-state index in [4.69, 9.17) is 15.3 Å². The van der Waals surface area contributed by atoms with Crippen LogP contribution in [0.4, 0.5) is 4.79 Å². The second-order valence-electron chi connectivity index (χ2n) is 4.24. The molecule has 0 aliphatic carbocycles. The number of aliphatic carboxylic acids is 1. The van der Waals surface area contributed by atoms with Gasteiger partial charge in [0.05, 0.1) is 6.61 Å². The van der Waals surface area contributed by atoms with Crippen molar-refractivity contribution < 1.29 is 24.9 Å². The summed E-state index contributed by atoms with van der Waals surface area (Å²) in [6.07, 6.45) is 1.40. The number of hydrogen-bond acceptors (Lipinski definition) is 4. The molecule has 0 aromatic rings. The Bertz CT molecular complexity index is 281. The average molecular weight is 276 g/mol. The van der Waals surface area contributed by atoms with E-state index in [1.807, 2.05) is 13.8 Å². The summed E-state index contributed by atoms with van der Waals surface area (Å²) >= 11 is 0. The molecule has 1 atom stereocenters. The van der Waals surface area contributed by atoms with E-state index < -0.39 is 18.0 Å². The summed E-state index contributed by atoms with van der Waals surface area (Å²) in [5.74, 6) is -1.18. The van der Waals surface area contributed by atoms with Crippen molar-refractivity contribution in [3.63, 3.8) is 0 Å². The van der Waals surface area contributed by atoms with Gasteiger partial charge >= 0.3 is 12.0 Å². The van der Waals surface area contributed by atoms with Crippen molar-refractivity contribution in [1.29, 1.82) is 0 Å². The van der Waals surface area contributed by atoms with Crippen LogP contribution in [0.15, 0.2) is 0 Å². The molecule has 4 N–H and O–H groups in total. The van der Waals surface area contributed by atoms with Crippen LogP contribution in [0.2, 0.25) is 0 Å². The SMILES string of the molecule is CCC(CC)N(CCO)C(=O)N[C@H](CCO)C(=O)O. The topological polar surface area (TPSA) is 110 Å². The number of aliphatic hydroxyl groups is 2. The molecule has 7 nitrogen and oxygen atoms in total. The fourth-order valence-electron chi connectivity index (χ4n) is 1.91. The normalized spacial score (nSPS) is 12.3. The molecule has 0 bridgehead atoms. The fraction of sp³-hybridized carbons (Fsp3) is 0.833. The lowest BCUT2D eigenvalue weighted by molar-refractivity contribution is -0.139. The molecule has 0 radical (unpaired) electrons. The van der Waals surface area contributed by atoms with Crippen molar-refractivity contribution in [2.75, 3.05) is 19.8 Å². The van der Waals surface area contributed by atoms with E-state index in [0.29, 0.717) is 0 Å². The van der Waals surface area contributed by atoms with Gasteiger partial charge in [-0.25, -0.2) is 9.59 Å². The molecule has 0 aromatic carbocycles. The van der Waals surface area contributed by atoms with Crippen LogP contribution in [0.1, 0.15) is 33.1 Å². The Labute approximate surface area is 113 Å². The molecule has 0 spiro atoms. The molecule has 7 heteroatoms. The van der Waals surface area contributed by atoms with E-state index in [9.17, 15) is 9.59 Å². The molecular formula is C12H24N2O5. The van der Waals surface area contributed by atoms with Gasteiger partial charge in [0, 0.05) is 25.6 Å². The van der Waals surface area contributed by atoms with Gasteiger partial charge in [-0.15, -0.1) is 0 Å². The van der Waals surface area contributed by atoms with E-state index in [-0.39, 0.29) is 32.2 Å². The Kier molecular flexibility index (Phi) is 8.90. The summed E-state index contributed by atoms with van der Waals surface area (Å²) in [6.45, 7) is 3.51. The largest absolute Gasteiger partial charge is 0.480 e. The molecular weight excluding hydrogens is 252 g/mol. The van der Waals surface area contributed by atoms with Gasteiger partial charge in [0.15, 0.2) is 0 Å². The van der Waals surface area contributed by atoms with Crippen molar-refractivity contribution in [1.82, 2.24) is 10.2 Å². The highest BCUT2D eigenvalue weighted by Gasteiger charge is 2.25. The van der Waals surface area contributed by atoms with Gasteiger partial charge in [0.25, 0.3) is 0 Å². The second-order valence-corrected chi connectivity index (χ2v) is 4.24. The van der Waals surface area contributed by atoms with Gasteiger partial charge in [0.1, 0.15) is 6.04 Å². The number of rotatable bonds is 9. The molecule has 0 aliphatic heterocycles. The highest BCUT2D eigenvalue weighted by molar-refractivity contribution is 5.82. The third kappa shape index (κ3) is 5.89. The van der Waals surface area contributed by atoms with Gasteiger partial charge in [0.2, 0.25) is 0 Å². The zero-order chi connectivity index (χ0) is 14.8. The lowest BCUT2D eigenvalue weighted by Gasteiger charge is -2.31. The summed E-state index contributed by atoms with van der Waals surface area (Å²) < 4.78 is 0. The highest BCUT2D eigenvalue weighted by atomic mass is 16.4. The molecule has 0 aromatic heterocycles. The van der Waals surface area contributed by atoms with E-state index in [2.05, 4.69) is 5.32 Å².